The molecule has 6 nitrogen and oxygen atoms in total. The van der Waals surface area contributed by atoms with Crippen molar-refractivity contribution in [2.24, 2.45) is 39.5 Å². The zero-order valence-electron chi connectivity index (χ0n) is 18.0. The van der Waals surface area contributed by atoms with Gasteiger partial charge in [-0.2, -0.15) is 4.99 Å². The fraction of sp³-hybridized carbons (Fsp3) is 0.870. The predicted molar refractivity (Wildman–Crippen MR) is 119 cm³/mol. The van der Waals surface area contributed by atoms with Crippen LogP contribution in [0.3, 0.4) is 0 Å². The molecule has 0 amide bonds. The van der Waals surface area contributed by atoms with Crippen molar-refractivity contribution in [2.75, 3.05) is 0 Å². The summed E-state index contributed by atoms with van der Waals surface area (Å²) in [4.78, 5) is 39.8. The topological polar surface area (TPSA) is 93.0 Å². The maximum atomic E-state index is 12.1. The van der Waals surface area contributed by atoms with Gasteiger partial charge in [0.05, 0.1) is 11.5 Å². The van der Waals surface area contributed by atoms with Crippen LogP contribution >= 0.6 is 22.6 Å². The largest absolute Gasteiger partial charge is 0.481 e. The average molecular weight is 529 g/mol. The van der Waals surface area contributed by atoms with Crippen LogP contribution in [0.4, 0.5) is 0 Å². The van der Waals surface area contributed by atoms with Crippen LogP contribution in [0.15, 0.2) is 4.99 Å². The normalized spacial score (nSPS) is 49.7. The molecule has 4 aliphatic carbocycles. The standard InChI is InChI=1S/C23H32INO5/c1-13(27)30-15-6-8-21(2)14(10-15)4-5-17-16(21)7-9-22(3)18(20(28)29)11-19(24)23(17,22)25-12-26/h14-19H,4-11H2,1-3H3,(H,28,29)/t14-,15+,16+,17-,18-,19+,21+,22-,23-/m1/s1. The molecule has 4 fully saturated rings. The van der Waals surface area contributed by atoms with Crippen molar-refractivity contribution in [1.29, 1.82) is 0 Å². The van der Waals surface area contributed by atoms with Crippen molar-refractivity contribution in [3.63, 3.8) is 0 Å². The Morgan fingerprint density at radius 1 is 1.10 bits per heavy atom. The lowest BCUT2D eigenvalue weighted by atomic mass is 9.42. The monoisotopic (exact) mass is 529 g/mol. The quantitative estimate of drug-likeness (QED) is 0.191. The number of carboxylic acids is 1. The minimum absolute atomic E-state index is 0.00753. The number of hydrogen-bond acceptors (Lipinski definition) is 5. The zero-order valence-corrected chi connectivity index (χ0v) is 20.2. The van der Waals surface area contributed by atoms with E-state index in [1.54, 1.807) is 0 Å². The summed E-state index contributed by atoms with van der Waals surface area (Å²) >= 11 is 2.37. The number of carbonyl (C=O) groups excluding carboxylic acids is 2. The van der Waals surface area contributed by atoms with E-state index in [1.165, 1.54) is 6.92 Å². The maximum Gasteiger partial charge on any atom is 0.307 e. The molecule has 4 rings (SSSR count). The lowest BCUT2D eigenvalue weighted by Gasteiger charge is -2.63. The van der Waals surface area contributed by atoms with Crippen LogP contribution in [0.5, 0.6) is 0 Å². The molecule has 30 heavy (non-hydrogen) atoms. The van der Waals surface area contributed by atoms with Gasteiger partial charge in [-0.15, -0.1) is 0 Å². The number of rotatable bonds is 3. The van der Waals surface area contributed by atoms with Gasteiger partial charge in [-0.3, -0.25) is 9.59 Å². The highest BCUT2D eigenvalue weighted by Crippen LogP contribution is 2.71. The molecular weight excluding hydrogens is 497 g/mol. The van der Waals surface area contributed by atoms with E-state index in [4.69, 9.17) is 4.74 Å². The van der Waals surface area contributed by atoms with E-state index in [0.717, 1.165) is 44.9 Å². The molecule has 166 valence electrons. The number of carboxylic acid groups (broad SMARTS) is 1. The Balaban J connectivity index is 1.70. The fourth-order valence-corrected chi connectivity index (χ4v) is 10.1. The molecule has 0 saturated heterocycles. The van der Waals surface area contributed by atoms with Crippen LogP contribution in [0.1, 0.15) is 72.1 Å². The summed E-state index contributed by atoms with van der Waals surface area (Å²) in [5, 5.41) is 9.97. The van der Waals surface area contributed by atoms with E-state index in [1.807, 2.05) is 6.08 Å². The van der Waals surface area contributed by atoms with Crippen molar-refractivity contribution < 1.29 is 24.2 Å². The molecule has 0 heterocycles. The van der Waals surface area contributed by atoms with Crippen LogP contribution in [0, 0.1) is 34.5 Å². The molecule has 0 aromatic carbocycles. The predicted octanol–water partition coefficient (Wildman–Crippen LogP) is 4.53. The van der Waals surface area contributed by atoms with Crippen molar-refractivity contribution >= 4 is 40.6 Å². The first-order valence-corrected chi connectivity index (χ1v) is 12.5. The maximum absolute atomic E-state index is 12.1. The lowest BCUT2D eigenvalue weighted by molar-refractivity contribution is -0.165. The van der Waals surface area contributed by atoms with E-state index in [0.29, 0.717) is 18.3 Å². The number of aliphatic carboxylic acids is 1. The van der Waals surface area contributed by atoms with Gasteiger partial charge in [-0.25, -0.2) is 4.79 Å². The van der Waals surface area contributed by atoms with Crippen LogP contribution in [-0.2, 0) is 19.1 Å². The molecule has 0 aromatic heterocycles. The van der Waals surface area contributed by atoms with Crippen molar-refractivity contribution in [3.8, 4) is 0 Å². The van der Waals surface area contributed by atoms with Crippen molar-refractivity contribution in [3.05, 3.63) is 0 Å². The molecule has 0 unspecified atom stereocenters. The Bertz CT molecular complexity index is 796. The minimum Gasteiger partial charge on any atom is -0.481 e. The molecule has 1 N–H and O–H groups in total. The minimum atomic E-state index is -0.762. The van der Waals surface area contributed by atoms with Crippen LogP contribution in [0.2, 0.25) is 0 Å². The number of carbonyl (C=O) groups is 2. The number of alkyl halides is 1. The summed E-state index contributed by atoms with van der Waals surface area (Å²) in [7, 11) is 0. The van der Waals surface area contributed by atoms with Crippen LogP contribution < -0.4 is 0 Å². The highest BCUT2D eigenvalue weighted by atomic mass is 127. The van der Waals surface area contributed by atoms with E-state index >= 15 is 0 Å². The number of aliphatic imine (C=N–C) groups is 1. The SMILES string of the molecule is CC(=O)O[C@H]1CC[C@@]2(C)[C@H](CC[C@@H]3[C@@H]2CC[C@]2(C)[C@@H](C(=O)O)C[C@H](I)[C@]32N=C=O)C1. The van der Waals surface area contributed by atoms with Crippen LogP contribution in [0.25, 0.3) is 0 Å². The second-order valence-electron chi connectivity index (χ2n) is 10.6. The molecule has 0 spiro atoms. The first kappa shape index (κ1) is 22.3. The highest BCUT2D eigenvalue weighted by Gasteiger charge is 2.72. The average Bonchev–Trinajstić information content (AvgIpc) is 2.90. The second kappa shape index (κ2) is 7.58. The summed E-state index contributed by atoms with van der Waals surface area (Å²) in [6.07, 6.45) is 8.97. The van der Waals surface area contributed by atoms with Gasteiger partial charge < -0.3 is 9.84 Å². The number of esters is 1. The fourth-order valence-electron chi connectivity index (χ4n) is 8.26. The van der Waals surface area contributed by atoms with Gasteiger partial charge in [0.1, 0.15) is 6.10 Å². The van der Waals surface area contributed by atoms with Crippen molar-refractivity contribution in [1.82, 2.24) is 0 Å². The zero-order chi connectivity index (χ0) is 21.9. The van der Waals surface area contributed by atoms with E-state index in [-0.39, 0.29) is 27.3 Å². The number of hydrogen-bond donors (Lipinski definition) is 1. The highest BCUT2D eigenvalue weighted by molar-refractivity contribution is 14.1. The number of ether oxygens (including phenoxy) is 1. The molecule has 0 bridgehead atoms. The number of fused-ring (bicyclic) bond motifs is 5. The Kier molecular flexibility index (Phi) is 5.62. The Labute approximate surface area is 191 Å². The molecule has 4 aliphatic rings. The Morgan fingerprint density at radius 2 is 1.83 bits per heavy atom. The number of isocyanates is 1. The first-order chi connectivity index (χ1) is 14.1. The van der Waals surface area contributed by atoms with Gasteiger partial charge in [0.15, 0.2) is 0 Å². The summed E-state index contributed by atoms with van der Waals surface area (Å²) in [5.74, 6) is -0.337. The molecule has 0 aliphatic heterocycles. The third-order valence-electron chi connectivity index (χ3n) is 9.65. The van der Waals surface area contributed by atoms with Gasteiger partial charge in [0, 0.05) is 16.3 Å². The Hall–Kier alpha value is -0.950. The summed E-state index contributed by atoms with van der Waals surface area (Å²) in [6.45, 7) is 5.92. The van der Waals surface area contributed by atoms with Gasteiger partial charge in [0.2, 0.25) is 6.08 Å². The molecule has 0 aromatic rings. The van der Waals surface area contributed by atoms with E-state index in [2.05, 4.69) is 41.4 Å². The molecule has 4 saturated carbocycles. The molecule has 7 heteroatoms. The van der Waals surface area contributed by atoms with Gasteiger partial charge in [-0.1, -0.05) is 36.4 Å². The first-order valence-electron chi connectivity index (χ1n) is 11.2. The van der Waals surface area contributed by atoms with Gasteiger partial charge >= 0.3 is 11.9 Å². The number of halogens is 1. The Morgan fingerprint density at radius 3 is 2.47 bits per heavy atom. The van der Waals surface area contributed by atoms with E-state index in [9.17, 15) is 19.5 Å². The van der Waals surface area contributed by atoms with Crippen LogP contribution in [-0.4, -0.2) is 38.7 Å². The summed E-state index contributed by atoms with van der Waals surface area (Å²) < 4.78 is 5.57. The van der Waals surface area contributed by atoms with Gasteiger partial charge in [0.25, 0.3) is 0 Å². The van der Waals surface area contributed by atoms with E-state index < -0.39 is 22.8 Å². The third kappa shape index (κ3) is 2.94. The third-order valence-corrected chi connectivity index (χ3v) is 11.1. The lowest BCUT2D eigenvalue weighted by Crippen LogP contribution is -2.64. The van der Waals surface area contributed by atoms with Crippen molar-refractivity contribution in [2.45, 2.75) is 87.7 Å². The molecule has 0 radical (unpaired) electrons. The summed E-state index contributed by atoms with van der Waals surface area (Å²) in [5.41, 5.74) is -1.05. The smallest absolute Gasteiger partial charge is 0.307 e. The second-order valence-corrected chi connectivity index (χ2v) is 12.1. The molecule has 9 atom stereocenters. The van der Waals surface area contributed by atoms with Gasteiger partial charge in [-0.05, 0) is 74.5 Å². The molecular formula is C23H32INO5. The number of nitrogens with zero attached hydrogens (tertiary/aromatic N) is 1. The summed E-state index contributed by atoms with van der Waals surface area (Å²) in [6, 6.07) is 0.